The summed E-state index contributed by atoms with van der Waals surface area (Å²) < 4.78 is 43.1. The fourth-order valence-electron chi connectivity index (χ4n) is 4.00. The van der Waals surface area contributed by atoms with Crippen LogP contribution in [0.5, 0.6) is 5.75 Å². The van der Waals surface area contributed by atoms with Crippen LogP contribution in [0.25, 0.3) is 16.6 Å². The topological polar surface area (TPSA) is 90.3 Å². The second-order valence-electron chi connectivity index (χ2n) is 8.15. The van der Waals surface area contributed by atoms with E-state index in [9.17, 15) is 17.6 Å². The van der Waals surface area contributed by atoms with E-state index in [1.54, 1.807) is 41.9 Å². The molecule has 1 saturated heterocycles. The third kappa shape index (κ3) is 4.27. The number of amides is 1. The average molecular weight is 446 g/mol. The van der Waals surface area contributed by atoms with E-state index in [0.717, 1.165) is 16.6 Å². The molecule has 7 nitrogen and oxygen atoms in total. The van der Waals surface area contributed by atoms with Gasteiger partial charge in [-0.3, -0.25) is 4.79 Å². The van der Waals surface area contributed by atoms with Gasteiger partial charge in [0.2, 0.25) is 6.36 Å². The summed E-state index contributed by atoms with van der Waals surface area (Å²) in [6.45, 7) is 5.02. The molecule has 1 fully saturated rings. The van der Waals surface area contributed by atoms with Gasteiger partial charge < -0.3 is 10.1 Å². The lowest BCUT2D eigenvalue weighted by molar-refractivity contribution is 0.0859. The van der Waals surface area contributed by atoms with Crippen LogP contribution in [-0.2, 0) is 16.3 Å². The van der Waals surface area contributed by atoms with E-state index in [2.05, 4.69) is 10.4 Å². The second kappa shape index (κ2) is 7.64. The highest BCUT2D eigenvalue weighted by Gasteiger charge is 2.45. The number of rotatable bonds is 6. The minimum Gasteiger partial charge on any atom is -0.461 e. The van der Waals surface area contributed by atoms with Crippen molar-refractivity contribution in [2.75, 3.05) is 11.5 Å². The quantitative estimate of drug-likeness (QED) is 0.629. The Morgan fingerprint density at radius 2 is 2.03 bits per heavy atom. The molecule has 1 amide bonds. The highest BCUT2D eigenvalue weighted by Crippen LogP contribution is 2.27. The zero-order chi connectivity index (χ0) is 22.4. The number of nitrogens with zero attached hydrogens (tertiary/aromatic N) is 2. The summed E-state index contributed by atoms with van der Waals surface area (Å²) in [7, 11) is -3.06. The van der Waals surface area contributed by atoms with Crippen LogP contribution in [0.2, 0.25) is 0 Å². The summed E-state index contributed by atoms with van der Waals surface area (Å²) in [5.41, 5.74) is 2.03. The SMILES string of the molecule is CCc1nn(-c2cccc(OC(C)F)c2)c2ccc(C(=O)NC3(C)CS(=O)(=O)C3)cc12. The molecule has 31 heavy (non-hydrogen) atoms. The second-order valence-corrected chi connectivity index (χ2v) is 10.2. The molecule has 2 aromatic carbocycles. The lowest BCUT2D eigenvalue weighted by Gasteiger charge is -2.38. The van der Waals surface area contributed by atoms with Gasteiger partial charge in [0.05, 0.1) is 33.9 Å². The molecule has 0 spiro atoms. The number of halogens is 1. The summed E-state index contributed by atoms with van der Waals surface area (Å²) in [4.78, 5) is 12.7. The predicted molar refractivity (Wildman–Crippen MR) is 116 cm³/mol. The van der Waals surface area contributed by atoms with Gasteiger partial charge in [-0.2, -0.15) is 5.10 Å². The zero-order valence-corrected chi connectivity index (χ0v) is 18.4. The third-order valence-corrected chi connectivity index (χ3v) is 7.36. The Morgan fingerprint density at radius 3 is 2.68 bits per heavy atom. The van der Waals surface area contributed by atoms with E-state index in [0.29, 0.717) is 23.4 Å². The summed E-state index contributed by atoms with van der Waals surface area (Å²) in [5.74, 6) is -0.0281. The van der Waals surface area contributed by atoms with Gasteiger partial charge >= 0.3 is 0 Å². The first-order chi connectivity index (χ1) is 14.6. The number of sulfone groups is 1. The van der Waals surface area contributed by atoms with Crippen molar-refractivity contribution in [3.05, 3.63) is 53.7 Å². The average Bonchev–Trinajstić information content (AvgIpc) is 3.03. The summed E-state index contributed by atoms with van der Waals surface area (Å²) >= 11 is 0. The lowest BCUT2D eigenvalue weighted by atomic mass is 10.0. The van der Waals surface area contributed by atoms with Crippen molar-refractivity contribution in [1.82, 2.24) is 15.1 Å². The molecule has 4 rings (SSSR count). The molecular formula is C22H24FN3O4S. The predicted octanol–water partition coefficient (Wildman–Crippen LogP) is 3.20. The minimum absolute atomic E-state index is 0.0535. The van der Waals surface area contributed by atoms with Crippen molar-refractivity contribution in [3.63, 3.8) is 0 Å². The van der Waals surface area contributed by atoms with Crippen molar-refractivity contribution in [2.45, 2.75) is 39.1 Å². The van der Waals surface area contributed by atoms with Crippen molar-refractivity contribution in [1.29, 1.82) is 0 Å². The Balaban J connectivity index is 1.68. The molecule has 1 unspecified atom stereocenters. The number of ether oxygens (including phenoxy) is 1. The van der Waals surface area contributed by atoms with Gasteiger partial charge in [0.25, 0.3) is 5.91 Å². The highest BCUT2D eigenvalue weighted by atomic mass is 32.2. The Morgan fingerprint density at radius 1 is 1.29 bits per heavy atom. The molecule has 1 aromatic heterocycles. The normalized spacial score (nSPS) is 17.7. The van der Waals surface area contributed by atoms with E-state index in [-0.39, 0.29) is 17.4 Å². The first-order valence-corrected chi connectivity index (χ1v) is 11.9. The molecular weight excluding hydrogens is 421 g/mol. The molecule has 1 atom stereocenters. The fraction of sp³-hybridized carbons (Fsp3) is 0.364. The molecule has 0 aliphatic carbocycles. The van der Waals surface area contributed by atoms with Crippen LogP contribution in [0.4, 0.5) is 4.39 Å². The summed E-state index contributed by atoms with van der Waals surface area (Å²) in [5, 5.41) is 8.34. The number of benzene rings is 2. The lowest BCUT2D eigenvalue weighted by Crippen LogP contribution is -2.63. The van der Waals surface area contributed by atoms with Crippen LogP contribution in [-0.4, -0.2) is 47.5 Å². The molecule has 1 aliphatic heterocycles. The van der Waals surface area contributed by atoms with Gasteiger partial charge in [0, 0.05) is 23.9 Å². The van der Waals surface area contributed by atoms with Crippen molar-refractivity contribution in [3.8, 4) is 11.4 Å². The molecule has 9 heteroatoms. The van der Waals surface area contributed by atoms with Crippen molar-refractivity contribution in [2.24, 2.45) is 0 Å². The number of aryl methyl sites for hydroxylation is 1. The van der Waals surface area contributed by atoms with Gasteiger partial charge in [0.15, 0.2) is 9.84 Å². The van der Waals surface area contributed by atoms with E-state index < -0.39 is 21.7 Å². The van der Waals surface area contributed by atoms with Crippen LogP contribution < -0.4 is 10.1 Å². The Kier molecular flexibility index (Phi) is 5.25. The number of hydrogen-bond acceptors (Lipinski definition) is 5. The number of aromatic nitrogens is 2. The molecule has 1 N–H and O–H groups in total. The number of carbonyl (C=O) groups is 1. The number of hydrogen-bond donors (Lipinski definition) is 1. The van der Waals surface area contributed by atoms with Crippen molar-refractivity contribution < 1.29 is 22.3 Å². The van der Waals surface area contributed by atoms with Crippen LogP contribution in [0.3, 0.4) is 0 Å². The zero-order valence-electron chi connectivity index (χ0n) is 17.6. The van der Waals surface area contributed by atoms with E-state index in [4.69, 9.17) is 4.74 Å². The number of fused-ring (bicyclic) bond motifs is 1. The fourth-order valence-corrected chi connectivity index (χ4v) is 6.00. The Bertz CT molecular complexity index is 1250. The van der Waals surface area contributed by atoms with Gasteiger partial charge in [-0.05, 0) is 43.7 Å². The Hall–Kier alpha value is -2.94. The number of carbonyl (C=O) groups excluding carboxylic acids is 1. The molecule has 0 saturated carbocycles. The third-order valence-electron chi connectivity index (χ3n) is 5.21. The number of alkyl halides is 1. The van der Waals surface area contributed by atoms with E-state index in [1.807, 2.05) is 19.1 Å². The van der Waals surface area contributed by atoms with E-state index >= 15 is 0 Å². The van der Waals surface area contributed by atoms with Gasteiger partial charge in [-0.1, -0.05) is 13.0 Å². The molecule has 164 valence electrons. The minimum atomic E-state index is -3.06. The maximum atomic E-state index is 13.2. The molecule has 0 bridgehead atoms. The van der Waals surface area contributed by atoms with Crippen LogP contribution >= 0.6 is 0 Å². The molecule has 0 radical (unpaired) electrons. The monoisotopic (exact) mass is 445 g/mol. The molecule has 3 aromatic rings. The van der Waals surface area contributed by atoms with Crippen LogP contribution in [0.1, 0.15) is 36.8 Å². The van der Waals surface area contributed by atoms with E-state index in [1.165, 1.54) is 6.92 Å². The molecule has 2 heterocycles. The van der Waals surface area contributed by atoms with Gasteiger partial charge in [-0.25, -0.2) is 17.5 Å². The molecule has 1 aliphatic rings. The van der Waals surface area contributed by atoms with Crippen LogP contribution in [0, 0.1) is 0 Å². The van der Waals surface area contributed by atoms with Gasteiger partial charge in [0.1, 0.15) is 5.75 Å². The standard InChI is InChI=1S/C22H24FN3O4S/c1-4-19-18-10-15(21(27)24-22(3)12-31(28,29)13-22)8-9-20(18)26(25-19)16-6-5-7-17(11-16)30-14(2)23/h5-11,14H,4,12-13H2,1-3H3,(H,24,27). The number of nitrogens with one attached hydrogen (secondary N) is 1. The summed E-state index contributed by atoms with van der Waals surface area (Å²) in [6, 6.07) is 12.3. The van der Waals surface area contributed by atoms with Gasteiger partial charge in [-0.15, -0.1) is 0 Å². The van der Waals surface area contributed by atoms with Crippen molar-refractivity contribution >= 4 is 26.6 Å². The largest absolute Gasteiger partial charge is 0.461 e. The Labute approximate surface area is 180 Å². The first-order valence-electron chi connectivity index (χ1n) is 10.0. The summed E-state index contributed by atoms with van der Waals surface area (Å²) in [6.07, 6.45) is -0.771. The maximum absolute atomic E-state index is 13.2. The first kappa shape index (κ1) is 21.3. The highest BCUT2D eigenvalue weighted by molar-refractivity contribution is 7.93. The van der Waals surface area contributed by atoms with Crippen LogP contribution in [0.15, 0.2) is 42.5 Å². The smallest absolute Gasteiger partial charge is 0.251 e. The maximum Gasteiger partial charge on any atom is 0.251 e.